The molecule has 11 nitrogen and oxygen atoms in total. The number of hydrogen-bond acceptors (Lipinski definition) is 7. The van der Waals surface area contributed by atoms with Crippen LogP contribution >= 0.6 is 0 Å². The summed E-state index contributed by atoms with van der Waals surface area (Å²) in [4.78, 5) is 40.6. The van der Waals surface area contributed by atoms with Gasteiger partial charge in [-0.2, -0.15) is 0 Å². The summed E-state index contributed by atoms with van der Waals surface area (Å²) in [5.41, 5.74) is 6.24. The fourth-order valence-electron chi connectivity index (χ4n) is 3.07. The molecule has 0 aromatic carbocycles. The molecular formula is C21H40N8O3. The predicted octanol–water partition coefficient (Wildman–Crippen LogP) is -0.280. The third-order valence-electron chi connectivity index (χ3n) is 4.68. The van der Waals surface area contributed by atoms with Crippen LogP contribution in [-0.4, -0.2) is 88.3 Å². The molecule has 1 aromatic rings. The van der Waals surface area contributed by atoms with Gasteiger partial charge in [0.2, 0.25) is 17.7 Å². The third-order valence-corrected chi connectivity index (χ3v) is 4.68. The SMILES string of the molecule is CCCNC(=O)CN(CCC)C(=O)CN(CCC)C(=O)CNCc1cn(CCCN)nn1. The molecule has 1 rings (SSSR count). The van der Waals surface area contributed by atoms with Crippen molar-refractivity contribution in [2.75, 3.05) is 45.8 Å². The first-order valence-electron chi connectivity index (χ1n) is 11.6. The molecule has 0 fully saturated rings. The van der Waals surface area contributed by atoms with E-state index in [4.69, 9.17) is 5.73 Å². The first-order valence-corrected chi connectivity index (χ1v) is 11.6. The maximum atomic E-state index is 12.8. The first kappa shape index (κ1) is 27.5. The minimum absolute atomic E-state index is 0.0128. The van der Waals surface area contributed by atoms with Gasteiger partial charge in [0.05, 0.1) is 25.3 Å². The number of carbonyl (C=O) groups excluding carboxylic acids is 3. The molecule has 0 saturated carbocycles. The molecule has 0 aliphatic heterocycles. The number of aryl methyl sites for hydroxylation is 1. The standard InChI is InChI=1S/C21H40N8O3/c1-4-9-24-19(30)16-27(10-5-2)21(32)17-28(11-6-3)20(31)14-23-13-18-15-29(26-25-18)12-7-8-22/h15,23H,4-14,16-17,22H2,1-3H3,(H,24,30). The van der Waals surface area contributed by atoms with Gasteiger partial charge in [0.25, 0.3) is 0 Å². The lowest BCUT2D eigenvalue weighted by Gasteiger charge is -2.27. The van der Waals surface area contributed by atoms with Crippen molar-refractivity contribution in [2.45, 2.75) is 59.5 Å². The van der Waals surface area contributed by atoms with Gasteiger partial charge in [0.1, 0.15) is 0 Å². The highest BCUT2D eigenvalue weighted by atomic mass is 16.2. The number of aromatic nitrogens is 3. The van der Waals surface area contributed by atoms with Crippen molar-refractivity contribution in [2.24, 2.45) is 5.73 Å². The van der Waals surface area contributed by atoms with E-state index in [0.717, 1.165) is 31.4 Å². The van der Waals surface area contributed by atoms with Gasteiger partial charge in [-0.15, -0.1) is 5.10 Å². The topological polar surface area (TPSA) is 138 Å². The smallest absolute Gasteiger partial charge is 0.242 e. The molecule has 0 spiro atoms. The van der Waals surface area contributed by atoms with Crippen LogP contribution in [0.25, 0.3) is 0 Å². The number of nitrogens with two attached hydrogens (primary N) is 1. The van der Waals surface area contributed by atoms with Gasteiger partial charge >= 0.3 is 0 Å². The monoisotopic (exact) mass is 452 g/mol. The highest BCUT2D eigenvalue weighted by Gasteiger charge is 2.22. The fraction of sp³-hybridized carbons (Fsp3) is 0.762. The Morgan fingerprint density at radius 2 is 1.72 bits per heavy atom. The molecule has 0 atom stereocenters. The van der Waals surface area contributed by atoms with Crippen molar-refractivity contribution in [3.63, 3.8) is 0 Å². The van der Waals surface area contributed by atoms with E-state index in [1.165, 1.54) is 4.90 Å². The predicted molar refractivity (Wildman–Crippen MR) is 122 cm³/mol. The van der Waals surface area contributed by atoms with E-state index in [2.05, 4.69) is 20.9 Å². The summed E-state index contributed by atoms with van der Waals surface area (Å²) in [6, 6.07) is 0. The van der Waals surface area contributed by atoms with Gasteiger partial charge in [-0.25, -0.2) is 0 Å². The van der Waals surface area contributed by atoms with Crippen LogP contribution in [0.5, 0.6) is 0 Å². The number of carbonyl (C=O) groups is 3. The Balaban J connectivity index is 2.57. The molecule has 32 heavy (non-hydrogen) atoms. The Morgan fingerprint density at radius 3 is 2.34 bits per heavy atom. The Kier molecular flexibility index (Phi) is 13.9. The van der Waals surface area contributed by atoms with Crippen LogP contribution in [0.1, 0.15) is 52.1 Å². The van der Waals surface area contributed by atoms with Crippen molar-refractivity contribution in [1.82, 2.24) is 35.4 Å². The zero-order valence-corrected chi connectivity index (χ0v) is 19.8. The molecule has 0 saturated heterocycles. The van der Waals surface area contributed by atoms with E-state index in [0.29, 0.717) is 39.3 Å². The van der Waals surface area contributed by atoms with Gasteiger partial charge in [-0.05, 0) is 32.2 Å². The zero-order chi connectivity index (χ0) is 23.8. The number of hydrogen-bond donors (Lipinski definition) is 3. The van der Waals surface area contributed by atoms with E-state index >= 15 is 0 Å². The molecular weight excluding hydrogens is 412 g/mol. The minimum Gasteiger partial charge on any atom is -0.355 e. The molecule has 4 N–H and O–H groups in total. The second-order valence-corrected chi connectivity index (χ2v) is 7.70. The molecule has 1 aromatic heterocycles. The summed E-state index contributed by atoms with van der Waals surface area (Å²) < 4.78 is 1.73. The lowest BCUT2D eigenvalue weighted by atomic mass is 10.3. The molecule has 182 valence electrons. The normalized spacial score (nSPS) is 10.8. The van der Waals surface area contributed by atoms with Crippen LogP contribution in [0, 0.1) is 0 Å². The largest absolute Gasteiger partial charge is 0.355 e. The van der Waals surface area contributed by atoms with E-state index in [9.17, 15) is 14.4 Å². The van der Waals surface area contributed by atoms with Crippen LogP contribution in [0.2, 0.25) is 0 Å². The highest BCUT2D eigenvalue weighted by Crippen LogP contribution is 2.00. The van der Waals surface area contributed by atoms with E-state index in [1.807, 2.05) is 27.0 Å². The molecule has 0 unspecified atom stereocenters. The van der Waals surface area contributed by atoms with E-state index in [-0.39, 0.29) is 37.4 Å². The van der Waals surface area contributed by atoms with E-state index < -0.39 is 0 Å². The van der Waals surface area contributed by atoms with Gasteiger partial charge in [0.15, 0.2) is 0 Å². The van der Waals surface area contributed by atoms with Gasteiger partial charge in [-0.3, -0.25) is 19.1 Å². The highest BCUT2D eigenvalue weighted by molar-refractivity contribution is 5.88. The Hall–Kier alpha value is -2.53. The average Bonchev–Trinajstić information content (AvgIpc) is 3.23. The van der Waals surface area contributed by atoms with E-state index in [1.54, 1.807) is 9.58 Å². The molecule has 0 aliphatic carbocycles. The second kappa shape index (κ2) is 16.2. The van der Waals surface area contributed by atoms with Crippen molar-refractivity contribution in [1.29, 1.82) is 0 Å². The summed E-state index contributed by atoms with van der Waals surface area (Å²) >= 11 is 0. The van der Waals surface area contributed by atoms with Gasteiger partial charge < -0.3 is 26.2 Å². The molecule has 0 bridgehead atoms. The molecule has 0 radical (unpaired) electrons. The second-order valence-electron chi connectivity index (χ2n) is 7.70. The van der Waals surface area contributed by atoms with Crippen LogP contribution in [0.3, 0.4) is 0 Å². The number of nitrogens with zero attached hydrogens (tertiary/aromatic N) is 5. The maximum Gasteiger partial charge on any atom is 0.242 e. The molecule has 3 amide bonds. The van der Waals surface area contributed by atoms with Crippen molar-refractivity contribution in [3.05, 3.63) is 11.9 Å². The molecule has 0 aliphatic rings. The van der Waals surface area contributed by atoms with Crippen molar-refractivity contribution in [3.8, 4) is 0 Å². The third kappa shape index (κ3) is 10.7. The summed E-state index contributed by atoms with van der Waals surface area (Å²) in [6.45, 7) is 9.19. The summed E-state index contributed by atoms with van der Waals surface area (Å²) in [5, 5.41) is 14.0. The fourth-order valence-corrected chi connectivity index (χ4v) is 3.07. The first-order chi connectivity index (χ1) is 15.4. The van der Waals surface area contributed by atoms with Crippen LogP contribution in [0.15, 0.2) is 6.20 Å². The quantitative estimate of drug-likeness (QED) is 0.295. The van der Waals surface area contributed by atoms with Crippen LogP contribution in [0.4, 0.5) is 0 Å². The maximum absolute atomic E-state index is 12.8. The Morgan fingerprint density at radius 1 is 1.03 bits per heavy atom. The van der Waals surface area contributed by atoms with Gasteiger partial charge in [-0.1, -0.05) is 26.0 Å². The number of rotatable bonds is 17. The summed E-state index contributed by atoms with van der Waals surface area (Å²) in [7, 11) is 0. The molecule has 1 heterocycles. The summed E-state index contributed by atoms with van der Waals surface area (Å²) in [6.07, 6.45) is 4.96. The Labute approximate surface area is 191 Å². The lowest BCUT2D eigenvalue weighted by molar-refractivity contribution is -0.141. The minimum atomic E-state index is -0.219. The molecule has 11 heteroatoms. The summed E-state index contributed by atoms with van der Waals surface area (Å²) in [5.74, 6) is -0.561. The van der Waals surface area contributed by atoms with Crippen LogP contribution < -0.4 is 16.4 Å². The zero-order valence-electron chi connectivity index (χ0n) is 19.8. The van der Waals surface area contributed by atoms with Crippen molar-refractivity contribution >= 4 is 17.7 Å². The van der Waals surface area contributed by atoms with Crippen LogP contribution in [-0.2, 0) is 27.5 Å². The lowest BCUT2D eigenvalue weighted by Crippen LogP contribution is -2.48. The average molecular weight is 453 g/mol. The Bertz CT molecular complexity index is 694. The number of amides is 3. The number of nitrogens with one attached hydrogen (secondary N) is 2. The van der Waals surface area contributed by atoms with Gasteiger partial charge in [0, 0.05) is 38.9 Å². The van der Waals surface area contributed by atoms with Crippen molar-refractivity contribution < 1.29 is 14.4 Å².